The van der Waals surface area contributed by atoms with E-state index in [9.17, 15) is 8.42 Å². The Labute approximate surface area is 129 Å². The predicted octanol–water partition coefficient (Wildman–Crippen LogP) is -7.90. The van der Waals surface area contributed by atoms with E-state index in [0.29, 0.717) is 0 Å². The SMILES string of the molecule is CS(=O)(=O)OO.O=S([O-])S(=O)[O-].[Na+].[Na+]. The van der Waals surface area contributed by atoms with E-state index in [0.717, 1.165) is 6.26 Å². The van der Waals surface area contributed by atoms with E-state index < -0.39 is 30.3 Å². The molecule has 0 rings (SSSR count). The van der Waals surface area contributed by atoms with Crippen LogP contribution in [0.1, 0.15) is 0 Å². The van der Waals surface area contributed by atoms with Crippen molar-refractivity contribution in [2.75, 3.05) is 6.26 Å². The first kappa shape index (κ1) is 25.1. The standard InChI is InChI=1S/CH4O4S.2Na.H2O4S2/c1-6(3,4)5-2;;;1-5(2)6(3)4/h2H,1H3;;;(H,1,2)(H,3,4)/q;2*+1;/p-2. The Balaban J connectivity index is -0.0000000625. The average Bonchev–Trinajstić information content (AvgIpc) is 1.87. The second kappa shape index (κ2) is 13.2. The van der Waals surface area contributed by atoms with Gasteiger partial charge in [0.05, 0.1) is 6.26 Å². The predicted molar refractivity (Wildman–Crippen MR) is 36.4 cm³/mol. The molecule has 0 heterocycles. The van der Waals surface area contributed by atoms with Crippen LogP contribution in [0.5, 0.6) is 0 Å². The fourth-order valence-electron chi connectivity index (χ4n) is 0. The van der Waals surface area contributed by atoms with Crippen LogP contribution >= 0.6 is 0 Å². The Bertz CT molecular complexity index is 246. The second-order valence-corrected chi connectivity index (χ2v) is 5.19. The van der Waals surface area contributed by atoms with Gasteiger partial charge in [-0.2, -0.15) is 8.42 Å². The topological polar surface area (TPSA) is 144 Å². The summed E-state index contributed by atoms with van der Waals surface area (Å²) in [6.45, 7) is 0. The molecule has 0 spiro atoms. The third-order valence-electron chi connectivity index (χ3n) is 0.247. The van der Waals surface area contributed by atoms with Crippen molar-refractivity contribution in [3.8, 4) is 0 Å². The molecule has 0 aliphatic rings. The summed E-state index contributed by atoms with van der Waals surface area (Å²) in [5.74, 6) is 0. The molecule has 0 amide bonds. The Morgan fingerprint density at radius 3 is 1.29 bits per heavy atom. The summed E-state index contributed by atoms with van der Waals surface area (Å²) >= 11 is 0. The zero-order valence-electron chi connectivity index (χ0n) is 7.53. The van der Waals surface area contributed by atoms with E-state index in [1.165, 1.54) is 0 Å². The fraction of sp³-hybridized carbons (Fsp3) is 1.00. The summed E-state index contributed by atoms with van der Waals surface area (Å²) in [5.41, 5.74) is 0. The zero-order valence-corrected chi connectivity index (χ0v) is 14.0. The first-order valence-corrected chi connectivity index (χ1v) is 6.41. The third-order valence-corrected chi connectivity index (χ3v) is 1.41. The average molecular weight is 286 g/mol. The monoisotopic (exact) mass is 286 g/mol. The molecule has 2 atom stereocenters. The molecule has 0 aromatic rings. The van der Waals surface area contributed by atoms with E-state index in [2.05, 4.69) is 4.33 Å². The van der Waals surface area contributed by atoms with Gasteiger partial charge in [-0.05, 0) is 0 Å². The van der Waals surface area contributed by atoms with Gasteiger partial charge in [0.15, 0.2) is 0 Å². The molecule has 0 aliphatic carbocycles. The van der Waals surface area contributed by atoms with Crippen LogP contribution in [0.3, 0.4) is 0 Å². The summed E-state index contributed by atoms with van der Waals surface area (Å²) in [4.78, 5) is 0. The van der Waals surface area contributed by atoms with Crippen LogP contribution in [0.2, 0.25) is 0 Å². The molecule has 0 fully saturated rings. The maximum atomic E-state index is 9.53. The Morgan fingerprint density at radius 1 is 1.14 bits per heavy atom. The van der Waals surface area contributed by atoms with Gasteiger partial charge in [0, 0.05) is 20.2 Å². The van der Waals surface area contributed by atoms with Gasteiger partial charge < -0.3 is 9.11 Å². The van der Waals surface area contributed by atoms with E-state index in [-0.39, 0.29) is 59.1 Å². The first-order valence-electron chi connectivity index (χ1n) is 1.92. The number of rotatable bonds is 2. The summed E-state index contributed by atoms with van der Waals surface area (Å²) in [5, 5.41) is 7.31. The van der Waals surface area contributed by atoms with Crippen molar-refractivity contribution < 1.29 is 94.6 Å². The van der Waals surface area contributed by atoms with Crippen LogP contribution in [0.25, 0.3) is 0 Å². The summed E-state index contributed by atoms with van der Waals surface area (Å²) in [6.07, 6.45) is 0.743. The quantitative estimate of drug-likeness (QED) is 0.173. The third kappa shape index (κ3) is 29.2. The first-order chi connectivity index (χ1) is 5.20. The number of hydrogen-bond acceptors (Lipinski definition) is 8. The Morgan fingerprint density at radius 2 is 1.29 bits per heavy atom. The van der Waals surface area contributed by atoms with E-state index in [1.807, 2.05) is 0 Å². The van der Waals surface area contributed by atoms with Crippen molar-refractivity contribution in [1.29, 1.82) is 0 Å². The second-order valence-electron chi connectivity index (χ2n) is 1.19. The van der Waals surface area contributed by atoms with Gasteiger partial charge in [0.25, 0.3) is 10.1 Å². The molecule has 0 saturated carbocycles. The fourth-order valence-corrected chi connectivity index (χ4v) is 0. The van der Waals surface area contributed by atoms with Crippen LogP contribution in [-0.2, 0) is 34.7 Å². The Hall–Kier alpha value is 2.09. The smallest absolute Gasteiger partial charge is 0.763 e. The molecule has 0 aliphatic heterocycles. The molecule has 0 aromatic carbocycles. The Kier molecular flexibility index (Phi) is 23.6. The molecule has 8 nitrogen and oxygen atoms in total. The van der Waals surface area contributed by atoms with Crippen molar-refractivity contribution in [1.82, 2.24) is 0 Å². The van der Waals surface area contributed by atoms with E-state index >= 15 is 0 Å². The molecule has 0 radical (unpaired) electrons. The maximum absolute atomic E-state index is 9.53. The van der Waals surface area contributed by atoms with E-state index in [1.54, 1.807) is 0 Å². The summed E-state index contributed by atoms with van der Waals surface area (Å²) < 4.78 is 58.3. The van der Waals surface area contributed by atoms with Gasteiger partial charge in [0.2, 0.25) is 0 Å². The molecule has 0 saturated heterocycles. The van der Waals surface area contributed by atoms with Crippen LogP contribution in [0.4, 0.5) is 0 Å². The van der Waals surface area contributed by atoms with Gasteiger partial charge in [-0.1, -0.05) is 0 Å². The maximum Gasteiger partial charge on any atom is 1.00 e. The van der Waals surface area contributed by atoms with Crippen molar-refractivity contribution in [2.45, 2.75) is 0 Å². The van der Waals surface area contributed by atoms with Crippen molar-refractivity contribution in [3.63, 3.8) is 0 Å². The largest absolute Gasteiger partial charge is 1.00 e. The molecule has 13 heteroatoms. The minimum Gasteiger partial charge on any atom is -0.763 e. The number of hydrogen-bond donors (Lipinski definition) is 1. The van der Waals surface area contributed by atoms with Gasteiger partial charge >= 0.3 is 59.1 Å². The van der Waals surface area contributed by atoms with Gasteiger partial charge in [0.1, 0.15) is 0 Å². The van der Waals surface area contributed by atoms with Crippen LogP contribution in [0, 0.1) is 0 Å². The minimum absolute atomic E-state index is 0. The molecule has 76 valence electrons. The van der Waals surface area contributed by atoms with Gasteiger partial charge in [-0.3, -0.25) is 8.42 Å². The molecule has 14 heavy (non-hydrogen) atoms. The molecule has 0 bridgehead atoms. The normalized spacial score (nSPS) is 13.4. The summed E-state index contributed by atoms with van der Waals surface area (Å²) in [6, 6.07) is 0. The van der Waals surface area contributed by atoms with Crippen molar-refractivity contribution in [3.05, 3.63) is 0 Å². The van der Waals surface area contributed by atoms with Crippen molar-refractivity contribution >= 4 is 30.3 Å². The molecular weight excluding hydrogens is 282 g/mol. The van der Waals surface area contributed by atoms with Crippen LogP contribution in [0.15, 0.2) is 0 Å². The molecular formula is CH4Na2O8S3. The van der Waals surface area contributed by atoms with Crippen LogP contribution < -0.4 is 59.1 Å². The zero-order chi connectivity index (χ0) is 10.4. The van der Waals surface area contributed by atoms with E-state index in [4.69, 9.17) is 22.8 Å². The minimum atomic E-state index is -3.61. The van der Waals surface area contributed by atoms with Crippen LogP contribution in [-0.4, -0.2) is 37.5 Å². The van der Waals surface area contributed by atoms with Crippen molar-refractivity contribution in [2.24, 2.45) is 0 Å². The molecule has 0 aromatic heterocycles. The molecule has 2 unspecified atom stereocenters. The van der Waals surface area contributed by atoms with Gasteiger partial charge in [-0.25, -0.2) is 5.26 Å². The molecule has 1 N–H and O–H groups in total. The summed E-state index contributed by atoms with van der Waals surface area (Å²) in [7, 11) is -9.51. The van der Waals surface area contributed by atoms with Gasteiger partial charge in [-0.15, -0.1) is 4.33 Å².